The molecule has 1 N–H and O–H groups in total. The first kappa shape index (κ1) is 25.5. The first-order valence-electron chi connectivity index (χ1n) is 13.8. The fourth-order valence-electron chi connectivity index (χ4n) is 5.41. The molecule has 7 rings (SSSR count). The van der Waals surface area contributed by atoms with Gasteiger partial charge in [-0.15, -0.1) is 0 Å². The number of ether oxygens (including phenoxy) is 2. The molecule has 1 unspecified atom stereocenters. The summed E-state index contributed by atoms with van der Waals surface area (Å²) in [6.07, 6.45) is 2.59. The highest BCUT2D eigenvalue weighted by Crippen LogP contribution is 2.25. The maximum atomic E-state index is 11.6. The minimum atomic E-state index is -0.937. The van der Waals surface area contributed by atoms with Gasteiger partial charge in [0, 0.05) is 38.9 Å². The van der Waals surface area contributed by atoms with E-state index in [9.17, 15) is 9.90 Å². The Labute approximate surface area is 235 Å². The average Bonchev–Trinajstić information content (AvgIpc) is 3.57. The molecule has 2 aromatic carbocycles. The number of imidazole rings is 1. The van der Waals surface area contributed by atoms with E-state index in [-0.39, 0.29) is 11.7 Å². The molecule has 0 saturated carbocycles. The van der Waals surface area contributed by atoms with Gasteiger partial charge in [0.05, 0.1) is 35.8 Å². The molecule has 1 atom stereocenters. The Balaban J connectivity index is 1.00. The van der Waals surface area contributed by atoms with Gasteiger partial charge >= 0.3 is 5.97 Å². The van der Waals surface area contributed by atoms with Crippen LogP contribution in [0.5, 0.6) is 5.88 Å². The summed E-state index contributed by atoms with van der Waals surface area (Å²) >= 11 is 0. The summed E-state index contributed by atoms with van der Waals surface area (Å²) in [5, 5.41) is 9.50. The zero-order valence-electron chi connectivity index (χ0n) is 22.5. The minimum absolute atomic E-state index is 0.141. The second-order valence-corrected chi connectivity index (χ2v) is 10.5. The number of hydrogen-bond donors (Lipinski definition) is 1. The third-order valence-corrected chi connectivity index (χ3v) is 7.81. The number of nitrogens with zero attached hydrogens (tertiary/aromatic N) is 6. The van der Waals surface area contributed by atoms with Crippen LogP contribution in [0.4, 0.5) is 5.82 Å². The number of rotatable bonds is 9. The van der Waals surface area contributed by atoms with E-state index >= 15 is 0 Å². The number of carboxylic acids is 1. The maximum Gasteiger partial charge on any atom is 0.335 e. The van der Waals surface area contributed by atoms with Gasteiger partial charge in [0.25, 0.3) is 0 Å². The normalized spacial score (nSPS) is 17.7. The summed E-state index contributed by atoms with van der Waals surface area (Å²) in [5.74, 6) is 1.47. The molecular weight excluding hydrogens is 524 g/mol. The van der Waals surface area contributed by atoms with Crippen LogP contribution in [0, 0.1) is 0 Å². The Bertz CT molecular complexity index is 1700. The fraction of sp³-hybridized carbons (Fsp3) is 0.333. The molecule has 0 amide bonds. The van der Waals surface area contributed by atoms with Gasteiger partial charge < -0.3 is 28.5 Å². The zero-order chi connectivity index (χ0) is 27.8. The van der Waals surface area contributed by atoms with Crippen LogP contribution in [0.2, 0.25) is 0 Å². The third kappa shape index (κ3) is 5.33. The van der Waals surface area contributed by atoms with Crippen molar-refractivity contribution in [3.63, 3.8) is 0 Å². The number of aromatic nitrogens is 4. The van der Waals surface area contributed by atoms with Gasteiger partial charge in [-0.2, -0.15) is 4.98 Å². The molecule has 210 valence electrons. The van der Waals surface area contributed by atoms with E-state index in [1.165, 1.54) is 6.39 Å². The Hall–Kier alpha value is -4.48. The van der Waals surface area contributed by atoms with Gasteiger partial charge in [0.1, 0.15) is 23.8 Å². The van der Waals surface area contributed by atoms with Crippen molar-refractivity contribution in [3.05, 3.63) is 77.9 Å². The minimum Gasteiger partial charge on any atom is -0.478 e. The van der Waals surface area contributed by atoms with Crippen LogP contribution >= 0.6 is 0 Å². The molecule has 0 aliphatic carbocycles. The number of carboxylic acid groups (broad SMARTS) is 1. The van der Waals surface area contributed by atoms with Crippen molar-refractivity contribution in [2.24, 2.45) is 0 Å². The zero-order valence-corrected chi connectivity index (χ0v) is 22.5. The number of aromatic carboxylic acids is 1. The van der Waals surface area contributed by atoms with E-state index in [2.05, 4.69) is 19.4 Å². The van der Waals surface area contributed by atoms with Crippen molar-refractivity contribution in [1.82, 2.24) is 24.4 Å². The number of hydrogen-bond acceptors (Lipinski definition) is 9. The topological polar surface area (TPSA) is 119 Å². The van der Waals surface area contributed by atoms with Gasteiger partial charge in [-0.05, 0) is 48.4 Å². The lowest BCUT2D eigenvalue weighted by molar-refractivity contribution is -0.0592. The van der Waals surface area contributed by atoms with Gasteiger partial charge in [-0.25, -0.2) is 14.8 Å². The molecule has 0 bridgehead atoms. The average molecular weight is 555 g/mol. The van der Waals surface area contributed by atoms with Crippen LogP contribution in [0.1, 0.15) is 28.2 Å². The number of pyridine rings is 1. The van der Waals surface area contributed by atoms with Crippen molar-refractivity contribution in [2.45, 2.75) is 32.2 Å². The number of oxazole rings is 1. The molecular formula is C30H30N6O5. The van der Waals surface area contributed by atoms with Gasteiger partial charge in [-0.1, -0.05) is 12.1 Å². The highest BCUT2D eigenvalue weighted by Gasteiger charge is 2.25. The summed E-state index contributed by atoms with van der Waals surface area (Å²) in [4.78, 5) is 30.1. The van der Waals surface area contributed by atoms with E-state index in [4.69, 9.17) is 23.9 Å². The van der Waals surface area contributed by atoms with Gasteiger partial charge in [-0.3, -0.25) is 4.90 Å². The molecule has 41 heavy (non-hydrogen) atoms. The Morgan fingerprint density at radius 3 is 2.71 bits per heavy atom. The third-order valence-electron chi connectivity index (χ3n) is 7.81. The Morgan fingerprint density at radius 2 is 1.90 bits per heavy atom. The van der Waals surface area contributed by atoms with Crippen molar-refractivity contribution >= 4 is 33.9 Å². The molecule has 11 nitrogen and oxygen atoms in total. The Morgan fingerprint density at radius 1 is 1.02 bits per heavy atom. The highest BCUT2D eigenvalue weighted by molar-refractivity contribution is 5.92. The second-order valence-electron chi connectivity index (χ2n) is 10.5. The van der Waals surface area contributed by atoms with E-state index < -0.39 is 5.97 Å². The van der Waals surface area contributed by atoms with Crippen LogP contribution in [-0.2, 0) is 24.4 Å². The van der Waals surface area contributed by atoms with Gasteiger partial charge in [0.15, 0.2) is 12.0 Å². The predicted molar refractivity (Wildman–Crippen MR) is 151 cm³/mol. The predicted octanol–water partition coefficient (Wildman–Crippen LogP) is 3.96. The van der Waals surface area contributed by atoms with E-state index in [0.717, 1.165) is 78.5 Å². The summed E-state index contributed by atoms with van der Waals surface area (Å²) < 4.78 is 19.1. The monoisotopic (exact) mass is 554 g/mol. The summed E-state index contributed by atoms with van der Waals surface area (Å²) in [7, 11) is 0. The molecule has 5 heterocycles. The number of benzene rings is 2. The molecule has 2 aliphatic rings. The smallest absolute Gasteiger partial charge is 0.335 e. The van der Waals surface area contributed by atoms with Crippen LogP contribution in [0.3, 0.4) is 0 Å². The van der Waals surface area contributed by atoms with Gasteiger partial charge in [0.2, 0.25) is 5.88 Å². The second kappa shape index (κ2) is 10.8. The molecule has 11 heteroatoms. The Kier molecular flexibility index (Phi) is 6.73. The lowest BCUT2D eigenvalue weighted by Crippen LogP contribution is -2.46. The number of carbonyl (C=O) groups is 1. The molecule has 3 aromatic heterocycles. The SMILES string of the molecule is O=C(O)c1ccc2nc(CN3CCN(c4cccc(OCc5ccc6ocnc6c5)n4)CC3)n(CC3CCO3)c2c1. The first-order chi connectivity index (χ1) is 20.1. The standard InChI is InChI=1S/C30H30N6O5/c37-30(38)21-5-6-23-25(15-21)36(16-22-8-13-39-22)28(32-23)17-34-9-11-35(12-10-34)27-2-1-3-29(33-27)40-18-20-4-7-26-24(14-20)31-19-41-26/h1-7,14-15,19,22H,8-13,16-18H2,(H,37,38). The first-order valence-corrected chi connectivity index (χ1v) is 13.8. The molecule has 2 saturated heterocycles. The highest BCUT2D eigenvalue weighted by atomic mass is 16.5. The fourth-order valence-corrected chi connectivity index (χ4v) is 5.41. The largest absolute Gasteiger partial charge is 0.478 e. The quantitative estimate of drug-likeness (QED) is 0.287. The van der Waals surface area contributed by atoms with E-state index in [1.54, 1.807) is 18.2 Å². The van der Waals surface area contributed by atoms with Crippen molar-refractivity contribution in [1.29, 1.82) is 0 Å². The lowest BCUT2D eigenvalue weighted by atomic mass is 10.1. The molecule has 5 aromatic rings. The number of fused-ring (bicyclic) bond motifs is 2. The lowest BCUT2D eigenvalue weighted by Gasteiger charge is -2.35. The summed E-state index contributed by atoms with van der Waals surface area (Å²) in [5.41, 5.74) is 4.48. The van der Waals surface area contributed by atoms with Crippen molar-refractivity contribution in [3.8, 4) is 5.88 Å². The molecule has 0 radical (unpaired) electrons. The maximum absolute atomic E-state index is 11.6. The molecule has 0 spiro atoms. The number of anilines is 1. The van der Waals surface area contributed by atoms with Crippen LogP contribution in [0.25, 0.3) is 22.1 Å². The molecule has 2 fully saturated rings. The van der Waals surface area contributed by atoms with E-state index in [1.807, 2.05) is 36.4 Å². The number of piperazine rings is 1. The van der Waals surface area contributed by atoms with E-state index in [0.29, 0.717) is 25.6 Å². The molecule has 2 aliphatic heterocycles. The van der Waals surface area contributed by atoms with Crippen LogP contribution < -0.4 is 9.64 Å². The summed E-state index contributed by atoms with van der Waals surface area (Å²) in [6.45, 7) is 5.90. The van der Waals surface area contributed by atoms with Crippen LogP contribution in [-0.4, -0.2) is 74.4 Å². The van der Waals surface area contributed by atoms with Crippen LogP contribution in [0.15, 0.2) is 65.4 Å². The summed E-state index contributed by atoms with van der Waals surface area (Å²) in [6, 6.07) is 16.8. The van der Waals surface area contributed by atoms with Crippen molar-refractivity contribution in [2.75, 3.05) is 37.7 Å². The van der Waals surface area contributed by atoms with Crippen molar-refractivity contribution < 1.29 is 23.8 Å².